The van der Waals surface area contributed by atoms with E-state index >= 15 is 4.57 Å². The van der Waals surface area contributed by atoms with Crippen molar-refractivity contribution in [2.24, 2.45) is 0 Å². The molecule has 0 aliphatic carbocycles. The summed E-state index contributed by atoms with van der Waals surface area (Å²) in [5.41, 5.74) is 11.3. The number of aromatic nitrogens is 1. The van der Waals surface area contributed by atoms with Gasteiger partial charge in [0.1, 0.15) is 11.5 Å². The summed E-state index contributed by atoms with van der Waals surface area (Å²) >= 11 is 0. The van der Waals surface area contributed by atoms with E-state index in [1.54, 1.807) is 0 Å². The van der Waals surface area contributed by atoms with Gasteiger partial charge in [-0.15, -0.1) is 0 Å². The van der Waals surface area contributed by atoms with Crippen LogP contribution >= 0.6 is 7.14 Å². The maximum absolute atomic E-state index is 15.6. The number of hydrogen-bond donors (Lipinski definition) is 0. The van der Waals surface area contributed by atoms with Gasteiger partial charge in [-0.1, -0.05) is 182 Å². The number of fused-ring (bicyclic) bond motifs is 5. The number of hydrogen-bond acceptors (Lipinski definition) is 2. The summed E-state index contributed by atoms with van der Waals surface area (Å²) in [4.78, 5) is 3.81. The Kier molecular flexibility index (Phi) is 9.68. The molecule has 316 valence electrons. The first kappa shape index (κ1) is 40.1. The first-order valence-corrected chi connectivity index (χ1v) is 24.2. The summed E-state index contributed by atoms with van der Waals surface area (Å²) < 4.78 is 24.9. The number of para-hydroxylation sites is 1. The van der Waals surface area contributed by atoms with Crippen LogP contribution in [0.2, 0.25) is 0 Å². The smallest absolute Gasteiger partial charge is 0.188 e. The van der Waals surface area contributed by atoms with E-state index in [-0.39, 0.29) is 0 Å². The predicted octanol–water partition coefficient (Wildman–Crippen LogP) is 14.8. The highest BCUT2D eigenvalue weighted by Gasteiger charge is 2.46. The van der Waals surface area contributed by atoms with E-state index in [9.17, 15) is 0 Å². The van der Waals surface area contributed by atoms with E-state index in [1.807, 2.05) is 91.0 Å². The van der Waals surface area contributed by atoms with Gasteiger partial charge in [0.25, 0.3) is 0 Å². The second-order valence-electron chi connectivity index (χ2n) is 17.1. The highest BCUT2D eigenvalue weighted by atomic mass is 31.2. The molecule has 2 heterocycles. The number of rotatable bonds is 8. The number of ether oxygens (including phenoxy) is 1. The molecule has 11 aromatic rings. The van der Waals surface area contributed by atoms with E-state index in [4.69, 9.17) is 11.3 Å². The average Bonchev–Trinajstić information content (AvgIpc) is 3.74. The molecule has 0 fully saturated rings. The van der Waals surface area contributed by atoms with E-state index in [2.05, 4.69) is 167 Å². The molecule has 0 saturated carbocycles. The molecule has 67 heavy (non-hydrogen) atoms. The quantitative estimate of drug-likeness (QED) is 0.113. The van der Waals surface area contributed by atoms with Crippen molar-refractivity contribution in [2.75, 3.05) is 0 Å². The van der Waals surface area contributed by atoms with Gasteiger partial charge < -0.3 is 13.9 Å². The van der Waals surface area contributed by atoms with Crippen LogP contribution < -0.4 is 20.7 Å². The van der Waals surface area contributed by atoms with Crippen molar-refractivity contribution in [3.63, 3.8) is 0 Å². The van der Waals surface area contributed by atoms with Crippen molar-refractivity contribution in [1.29, 1.82) is 0 Å². The fourth-order valence-electron chi connectivity index (χ4n) is 10.3. The maximum Gasteiger partial charge on any atom is 0.188 e. The summed E-state index contributed by atoms with van der Waals surface area (Å²) in [6.07, 6.45) is 0. The SMILES string of the molecule is [C-]#[N+]c1ccc2c(c1)c1cc(-c3ccc4c(c3)C(c3ccccc3)(c3ccccc3)c3cc(-c5cccc(P(=O)(c6ccccc6)c6ccccc6)c5)ccc3O4)ccc1n2-c1ccccc1. The van der Waals surface area contributed by atoms with E-state index in [0.29, 0.717) is 5.69 Å². The molecule has 0 unspecified atom stereocenters. The van der Waals surface area contributed by atoms with Gasteiger partial charge in [-0.2, -0.15) is 0 Å². The van der Waals surface area contributed by atoms with Gasteiger partial charge in [-0.3, -0.25) is 0 Å². The van der Waals surface area contributed by atoms with Crippen LogP contribution in [-0.2, 0) is 9.98 Å². The molecule has 0 spiro atoms. The van der Waals surface area contributed by atoms with Crippen LogP contribution in [0, 0.1) is 6.57 Å². The average molecular weight is 877 g/mol. The lowest BCUT2D eigenvalue weighted by atomic mass is 9.63. The third-order valence-electron chi connectivity index (χ3n) is 13.4. The lowest BCUT2D eigenvalue weighted by Gasteiger charge is -2.42. The van der Waals surface area contributed by atoms with Gasteiger partial charge in [0.2, 0.25) is 0 Å². The van der Waals surface area contributed by atoms with Crippen molar-refractivity contribution in [3.05, 3.63) is 282 Å². The second-order valence-corrected chi connectivity index (χ2v) is 19.8. The van der Waals surface area contributed by atoms with E-state index in [0.717, 1.165) is 99.4 Å². The number of nitrogens with zero attached hydrogens (tertiary/aromatic N) is 2. The van der Waals surface area contributed by atoms with Crippen LogP contribution in [0.4, 0.5) is 5.69 Å². The monoisotopic (exact) mass is 876 g/mol. The van der Waals surface area contributed by atoms with Crippen molar-refractivity contribution in [2.45, 2.75) is 5.41 Å². The molecule has 0 saturated heterocycles. The second kappa shape index (κ2) is 16.2. The van der Waals surface area contributed by atoms with E-state index < -0.39 is 12.6 Å². The Labute approximate surface area is 389 Å². The molecule has 0 bridgehead atoms. The molecule has 0 N–H and O–H groups in total. The van der Waals surface area contributed by atoms with Crippen molar-refractivity contribution >= 4 is 50.5 Å². The Bertz CT molecular complexity index is 3670. The number of benzene rings is 10. The van der Waals surface area contributed by atoms with Gasteiger partial charge in [0.15, 0.2) is 12.8 Å². The molecular weight excluding hydrogens is 836 g/mol. The zero-order chi connectivity index (χ0) is 45.0. The minimum Gasteiger partial charge on any atom is -0.457 e. The molecule has 4 nitrogen and oxygen atoms in total. The molecule has 0 amide bonds. The summed E-state index contributed by atoms with van der Waals surface area (Å²) in [6, 6.07) is 85.6. The van der Waals surface area contributed by atoms with Crippen molar-refractivity contribution in [3.8, 4) is 39.4 Å². The summed E-state index contributed by atoms with van der Waals surface area (Å²) in [6.45, 7) is 7.85. The standard InChI is InChI=1S/C62H41N2O2P/c1-63-49-33-35-59-55(42-49)54-39-44(30-34-58(54)64(59)50-23-11-4-12-24-50)46-32-37-61-57(41-46)62(47-19-7-2-8-20-47,48-21-9-3-10-22-48)56-40-45(31-36-60(56)66-61)43-18-17-29-53(38-43)67(65,51-25-13-5-14-26-51)52-27-15-6-16-28-52/h2-42H. The minimum atomic E-state index is -3.23. The van der Waals surface area contributed by atoms with Crippen LogP contribution in [0.15, 0.2) is 249 Å². The largest absolute Gasteiger partial charge is 0.457 e. The topological polar surface area (TPSA) is 35.6 Å². The van der Waals surface area contributed by atoms with Crippen molar-refractivity contribution in [1.82, 2.24) is 4.57 Å². The summed E-state index contributed by atoms with van der Waals surface area (Å²) in [5.74, 6) is 1.56. The lowest BCUT2D eigenvalue weighted by molar-refractivity contribution is 0.435. The fraction of sp³-hybridized carbons (Fsp3) is 0.0161. The Balaban J connectivity index is 1.06. The molecule has 0 atom stereocenters. The third-order valence-corrected chi connectivity index (χ3v) is 16.5. The van der Waals surface area contributed by atoms with Gasteiger partial charge in [-0.25, -0.2) is 4.85 Å². The minimum absolute atomic E-state index is 0.609. The summed E-state index contributed by atoms with van der Waals surface area (Å²) in [7, 11) is -3.23. The first-order valence-electron chi connectivity index (χ1n) is 22.5. The molecule has 5 heteroatoms. The first-order chi connectivity index (χ1) is 33.0. The van der Waals surface area contributed by atoms with Crippen LogP contribution in [0.1, 0.15) is 22.3 Å². The zero-order valence-corrected chi connectivity index (χ0v) is 37.2. The van der Waals surface area contributed by atoms with Gasteiger partial charge in [0, 0.05) is 38.1 Å². The predicted molar refractivity (Wildman–Crippen MR) is 276 cm³/mol. The Morgan fingerprint density at radius 1 is 0.418 bits per heavy atom. The third kappa shape index (κ3) is 6.47. The highest BCUT2D eigenvalue weighted by Crippen LogP contribution is 2.57. The Hall–Kier alpha value is -8.48. The Morgan fingerprint density at radius 2 is 0.866 bits per heavy atom. The van der Waals surface area contributed by atoms with Crippen LogP contribution in [0.5, 0.6) is 11.5 Å². The molecule has 1 aromatic heterocycles. The molecule has 0 radical (unpaired) electrons. The maximum atomic E-state index is 15.6. The molecule has 12 rings (SSSR count). The summed E-state index contributed by atoms with van der Waals surface area (Å²) in [5, 5.41) is 4.48. The van der Waals surface area contributed by atoms with E-state index in [1.165, 1.54) is 0 Å². The van der Waals surface area contributed by atoms with Crippen LogP contribution in [0.25, 0.3) is 54.6 Å². The molecular formula is C62H41N2O2P. The van der Waals surface area contributed by atoms with Gasteiger partial charge in [-0.05, 0) is 105 Å². The highest BCUT2D eigenvalue weighted by molar-refractivity contribution is 7.85. The van der Waals surface area contributed by atoms with Crippen LogP contribution in [-0.4, -0.2) is 4.57 Å². The van der Waals surface area contributed by atoms with Crippen LogP contribution in [0.3, 0.4) is 0 Å². The molecule has 10 aromatic carbocycles. The fourth-order valence-corrected chi connectivity index (χ4v) is 13.0. The normalized spacial score (nSPS) is 12.8. The molecule has 1 aliphatic heterocycles. The molecule has 1 aliphatic rings. The van der Waals surface area contributed by atoms with Gasteiger partial charge >= 0.3 is 0 Å². The van der Waals surface area contributed by atoms with Crippen molar-refractivity contribution < 1.29 is 9.30 Å². The lowest BCUT2D eigenvalue weighted by Crippen LogP contribution is -2.34. The Morgan fingerprint density at radius 3 is 1.42 bits per heavy atom. The van der Waals surface area contributed by atoms with Gasteiger partial charge in [0.05, 0.1) is 23.0 Å². The zero-order valence-electron chi connectivity index (χ0n) is 36.3.